The van der Waals surface area contributed by atoms with Gasteiger partial charge in [0.15, 0.2) is 0 Å². The molecule has 2 atom stereocenters. The van der Waals surface area contributed by atoms with E-state index in [-0.39, 0.29) is 23.3 Å². The molecule has 8 heteroatoms. The lowest BCUT2D eigenvalue weighted by atomic mass is 9.62. The zero-order chi connectivity index (χ0) is 39.7. The molecule has 0 aromatic heterocycles. The van der Waals surface area contributed by atoms with Gasteiger partial charge in [0, 0.05) is 0 Å². The van der Waals surface area contributed by atoms with E-state index in [1.54, 1.807) is 12.1 Å². The quantitative estimate of drug-likeness (QED) is 0.167. The van der Waals surface area contributed by atoms with E-state index in [9.17, 15) is 26.3 Å². The Kier molecular flexibility index (Phi) is 15.5. The summed E-state index contributed by atoms with van der Waals surface area (Å²) in [5.41, 5.74) is 2.03. The van der Waals surface area contributed by atoms with Gasteiger partial charge in [-0.05, 0) is 172 Å². The van der Waals surface area contributed by atoms with Crippen molar-refractivity contribution in [2.24, 2.45) is 53.3 Å². The van der Waals surface area contributed by atoms with Crippen LogP contribution in [-0.4, -0.2) is 12.7 Å². The van der Waals surface area contributed by atoms with Crippen LogP contribution in [0, 0.1) is 53.3 Å². The van der Waals surface area contributed by atoms with Crippen LogP contribution in [-0.2, 0) is 6.42 Å². The van der Waals surface area contributed by atoms with Crippen LogP contribution in [0.5, 0.6) is 11.5 Å². The molecule has 4 aliphatic carbocycles. The van der Waals surface area contributed by atoms with E-state index in [0.717, 1.165) is 65.9 Å². The third-order valence-electron chi connectivity index (χ3n) is 15.2. The van der Waals surface area contributed by atoms with Crippen LogP contribution in [0.1, 0.15) is 166 Å². The molecule has 0 saturated heterocycles. The van der Waals surface area contributed by atoms with Crippen molar-refractivity contribution in [1.29, 1.82) is 0 Å². The van der Waals surface area contributed by atoms with E-state index in [0.29, 0.717) is 18.3 Å². The molecule has 6 rings (SSSR count). The SMILES string of the molecule is CCCCC1CCC(C2CCC(C(Cc3ccc(OC(F)(F)F)cc3)C(CC3CCC(C4CCC(CC)CC4)CC3)c3ccc(OC(F)(F)F)cc3)CC2)CC1. The molecular formula is C48H68F6O2. The second-order valence-corrected chi connectivity index (χ2v) is 18.6. The number of alkyl halides is 6. The van der Waals surface area contributed by atoms with Crippen LogP contribution in [0.25, 0.3) is 0 Å². The number of ether oxygens (including phenoxy) is 2. The minimum atomic E-state index is -4.76. The van der Waals surface area contributed by atoms with Crippen LogP contribution in [0.15, 0.2) is 48.5 Å². The Morgan fingerprint density at radius 2 is 0.964 bits per heavy atom. The molecule has 314 valence electrons. The molecule has 0 heterocycles. The number of unbranched alkanes of at least 4 members (excludes halogenated alkanes) is 1. The van der Waals surface area contributed by atoms with E-state index >= 15 is 0 Å². The highest BCUT2D eigenvalue weighted by molar-refractivity contribution is 5.32. The molecule has 2 nitrogen and oxygen atoms in total. The molecule has 2 aromatic rings. The molecular weight excluding hydrogens is 723 g/mol. The fourth-order valence-electron chi connectivity index (χ4n) is 12.0. The van der Waals surface area contributed by atoms with Gasteiger partial charge < -0.3 is 9.47 Å². The van der Waals surface area contributed by atoms with Gasteiger partial charge in [-0.15, -0.1) is 26.3 Å². The standard InChI is InChI=1S/C48H68F6O2/c1-3-5-6-34-9-17-38(18-10-34)40-21-23-41(24-22-40)45(32-36-13-27-43(28-14-36)55-47(49,50)51)46(42-25-29-44(30-26-42)56-48(52,53)54)31-35-11-19-39(20-12-35)37-15-7-33(4-2)8-16-37/h13-14,25-30,33-35,37-41,45-46H,3-12,15-24,31-32H2,1-2H3. The Bertz CT molecular complexity index is 1410. The lowest BCUT2D eigenvalue weighted by molar-refractivity contribution is -0.275. The van der Waals surface area contributed by atoms with Crippen molar-refractivity contribution in [3.63, 3.8) is 0 Å². The topological polar surface area (TPSA) is 18.5 Å². The smallest absolute Gasteiger partial charge is 0.406 e. The summed E-state index contributed by atoms with van der Waals surface area (Å²) < 4.78 is 87.2. The zero-order valence-corrected chi connectivity index (χ0v) is 34.0. The van der Waals surface area contributed by atoms with Gasteiger partial charge in [0.2, 0.25) is 0 Å². The van der Waals surface area contributed by atoms with Crippen LogP contribution < -0.4 is 9.47 Å². The van der Waals surface area contributed by atoms with E-state index in [4.69, 9.17) is 0 Å². The first-order valence-corrected chi connectivity index (χ1v) is 22.6. The van der Waals surface area contributed by atoms with Gasteiger partial charge >= 0.3 is 12.7 Å². The number of hydrogen-bond donors (Lipinski definition) is 0. The van der Waals surface area contributed by atoms with Gasteiger partial charge in [-0.3, -0.25) is 0 Å². The lowest BCUT2D eigenvalue weighted by Gasteiger charge is -2.43. The Balaban J connectivity index is 1.21. The van der Waals surface area contributed by atoms with Gasteiger partial charge in [0.25, 0.3) is 0 Å². The summed E-state index contributed by atoms with van der Waals surface area (Å²) >= 11 is 0. The predicted octanol–water partition coefficient (Wildman–Crippen LogP) is 15.6. The lowest BCUT2D eigenvalue weighted by Crippen LogP contribution is -2.33. The van der Waals surface area contributed by atoms with Crippen molar-refractivity contribution in [3.8, 4) is 11.5 Å². The maximum atomic E-state index is 13.2. The molecule has 0 aliphatic heterocycles. The zero-order valence-electron chi connectivity index (χ0n) is 34.0. The van der Waals surface area contributed by atoms with Crippen molar-refractivity contribution in [2.75, 3.05) is 0 Å². The minimum absolute atomic E-state index is 0.123. The van der Waals surface area contributed by atoms with Gasteiger partial charge in [-0.25, -0.2) is 0 Å². The summed E-state index contributed by atoms with van der Waals surface area (Å²) in [4.78, 5) is 0. The fourth-order valence-corrected chi connectivity index (χ4v) is 12.0. The highest BCUT2D eigenvalue weighted by Crippen LogP contribution is 2.50. The van der Waals surface area contributed by atoms with Crippen molar-refractivity contribution >= 4 is 0 Å². The van der Waals surface area contributed by atoms with Gasteiger partial charge in [-0.2, -0.15) is 0 Å². The molecule has 4 aliphatic rings. The molecule has 0 bridgehead atoms. The summed E-state index contributed by atoms with van der Waals surface area (Å²) in [6, 6.07) is 13.0. The first kappa shape index (κ1) is 43.2. The van der Waals surface area contributed by atoms with E-state index in [2.05, 4.69) is 23.3 Å². The number of hydrogen-bond acceptors (Lipinski definition) is 2. The second kappa shape index (κ2) is 20.1. The molecule has 4 fully saturated rings. The van der Waals surface area contributed by atoms with Gasteiger partial charge in [0.1, 0.15) is 11.5 Å². The first-order chi connectivity index (χ1) is 26.9. The summed E-state index contributed by atoms with van der Waals surface area (Å²) in [6.07, 6.45) is 17.9. The van der Waals surface area contributed by atoms with Crippen LogP contribution >= 0.6 is 0 Å². The van der Waals surface area contributed by atoms with Crippen molar-refractivity contribution in [2.45, 2.75) is 174 Å². The van der Waals surface area contributed by atoms with Crippen molar-refractivity contribution < 1.29 is 35.8 Å². The largest absolute Gasteiger partial charge is 0.573 e. The Labute approximate surface area is 333 Å². The molecule has 0 amide bonds. The number of halogens is 6. The summed E-state index contributed by atoms with van der Waals surface area (Å²) in [5.74, 6) is 5.85. The second-order valence-electron chi connectivity index (χ2n) is 18.6. The maximum Gasteiger partial charge on any atom is 0.573 e. The van der Waals surface area contributed by atoms with Gasteiger partial charge in [-0.1, -0.05) is 102 Å². The minimum Gasteiger partial charge on any atom is -0.406 e. The molecule has 2 unspecified atom stereocenters. The van der Waals surface area contributed by atoms with E-state index in [1.165, 1.54) is 140 Å². The third kappa shape index (κ3) is 12.8. The third-order valence-corrected chi connectivity index (χ3v) is 15.2. The molecule has 0 radical (unpaired) electrons. The number of rotatable bonds is 15. The molecule has 56 heavy (non-hydrogen) atoms. The maximum absolute atomic E-state index is 13.2. The molecule has 4 saturated carbocycles. The van der Waals surface area contributed by atoms with E-state index in [1.807, 2.05) is 12.1 Å². The van der Waals surface area contributed by atoms with Crippen LogP contribution in [0.4, 0.5) is 26.3 Å². The predicted molar refractivity (Wildman–Crippen MR) is 212 cm³/mol. The van der Waals surface area contributed by atoms with Crippen LogP contribution in [0.2, 0.25) is 0 Å². The fraction of sp³-hybridized carbons (Fsp3) is 0.750. The van der Waals surface area contributed by atoms with Crippen molar-refractivity contribution in [3.05, 3.63) is 59.7 Å². The molecule has 2 aromatic carbocycles. The normalized spacial score (nSPS) is 30.4. The average Bonchev–Trinajstić information content (AvgIpc) is 3.19. The number of benzene rings is 2. The van der Waals surface area contributed by atoms with Crippen LogP contribution in [0.3, 0.4) is 0 Å². The Hall–Kier alpha value is -2.38. The average molecular weight is 791 g/mol. The monoisotopic (exact) mass is 791 g/mol. The van der Waals surface area contributed by atoms with Crippen molar-refractivity contribution in [1.82, 2.24) is 0 Å². The Morgan fingerprint density at radius 3 is 1.41 bits per heavy atom. The van der Waals surface area contributed by atoms with E-state index < -0.39 is 12.7 Å². The highest BCUT2D eigenvalue weighted by atomic mass is 19.4. The molecule has 0 spiro atoms. The first-order valence-electron chi connectivity index (χ1n) is 22.6. The summed E-state index contributed by atoms with van der Waals surface area (Å²) in [7, 11) is 0. The molecule has 0 N–H and O–H groups in total. The Morgan fingerprint density at radius 1 is 0.536 bits per heavy atom. The highest BCUT2D eigenvalue weighted by Gasteiger charge is 2.39. The summed E-state index contributed by atoms with van der Waals surface area (Å²) in [5, 5.41) is 0. The summed E-state index contributed by atoms with van der Waals surface area (Å²) in [6.45, 7) is 4.60. The van der Waals surface area contributed by atoms with Gasteiger partial charge in [0.05, 0.1) is 0 Å².